The van der Waals surface area contributed by atoms with Gasteiger partial charge >= 0.3 is 6.09 Å². The van der Waals surface area contributed by atoms with Crippen LogP contribution in [0.15, 0.2) is 18.2 Å². The van der Waals surface area contributed by atoms with Crippen LogP contribution in [-0.4, -0.2) is 61.5 Å². The lowest BCUT2D eigenvalue weighted by molar-refractivity contribution is -0.119. The van der Waals surface area contributed by atoms with E-state index in [1.807, 2.05) is 4.90 Å². The van der Waals surface area contributed by atoms with Gasteiger partial charge in [0.25, 0.3) is 0 Å². The SMILES string of the molecule is [C-]#[N+]CC1(O)CCN(c2ccc(N3C[C@H](CNC(C)=O)OC3=O)cc2F)CC1. The number of benzene rings is 1. The third-order valence-electron chi connectivity index (χ3n) is 5.10. The molecule has 2 N–H and O–H groups in total. The van der Waals surface area contributed by atoms with E-state index in [9.17, 15) is 19.1 Å². The Morgan fingerprint density at radius 3 is 2.79 bits per heavy atom. The second kappa shape index (κ2) is 8.02. The molecule has 28 heavy (non-hydrogen) atoms. The number of carbonyl (C=O) groups excluding carboxylic acids is 2. The number of nitrogens with one attached hydrogen (secondary N) is 1. The Bertz CT molecular complexity index is 802. The van der Waals surface area contributed by atoms with Gasteiger partial charge in [0.05, 0.1) is 24.5 Å². The summed E-state index contributed by atoms with van der Waals surface area (Å²) >= 11 is 0. The number of halogens is 1. The van der Waals surface area contributed by atoms with Crippen LogP contribution in [0.25, 0.3) is 4.85 Å². The summed E-state index contributed by atoms with van der Waals surface area (Å²) in [6.07, 6.45) is -0.259. The summed E-state index contributed by atoms with van der Waals surface area (Å²) in [7, 11) is 0. The van der Waals surface area contributed by atoms with Crippen LogP contribution < -0.4 is 15.1 Å². The Labute approximate surface area is 162 Å². The van der Waals surface area contributed by atoms with E-state index in [0.717, 1.165) is 0 Å². The summed E-state index contributed by atoms with van der Waals surface area (Å²) < 4.78 is 19.9. The van der Waals surface area contributed by atoms with Gasteiger partial charge in [-0.2, -0.15) is 0 Å². The molecule has 0 saturated carbocycles. The maximum Gasteiger partial charge on any atom is 0.414 e. The van der Waals surface area contributed by atoms with Crippen LogP contribution in [0.3, 0.4) is 0 Å². The van der Waals surface area contributed by atoms with Gasteiger partial charge in [0.15, 0.2) is 0 Å². The first kappa shape index (κ1) is 19.9. The topological polar surface area (TPSA) is 86.5 Å². The van der Waals surface area contributed by atoms with Gasteiger partial charge < -0.3 is 24.9 Å². The lowest BCUT2D eigenvalue weighted by Gasteiger charge is -2.36. The molecular formula is C19H23FN4O4. The molecule has 0 bridgehead atoms. The molecule has 1 aromatic rings. The molecule has 2 amide bonds. The molecule has 2 fully saturated rings. The Morgan fingerprint density at radius 1 is 1.46 bits per heavy atom. The minimum atomic E-state index is -1.00. The predicted octanol–water partition coefficient (Wildman–Crippen LogP) is 1.54. The number of hydrogen-bond donors (Lipinski definition) is 2. The standard InChI is InChI=1S/C19H23FN4O4/c1-13(25)22-10-15-11-24(18(26)28-15)14-3-4-17(16(20)9-14)23-7-5-19(27,6-8-23)12-21-2/h3-4,9,15,27H,5-8,10-12H2,1H3,(H,22,25)/t15-/m0/s1. The highest BCUT2D eigenvalue weighted by Gasteiger charge is 2.36. The molecule has 0 aromatic heterocycles. The number of anilines is 2. The van der Waals surface area contributed by atoms with Crippen molar-refractivity contribution in [1.82, 2.24) is 5.32 Å². The summed E-state index contributed by atoms with van der Waals surface area (Å²) in [5.74, 6) is -0.680. The molecule has 8 nitrogen and oxygen atoms in total. The van der Waals surface area contributed by atoms with Crippen LogP contribution in [0.4, 0.5) is 20.6 Å². The molecule has 1 atom stereocenters. The Morgan fingerprint density at radius 2 is 2.18 bits per heavy atom. The van der Waals surface area contributed by atoms with Gasteiger partial charge in [-0.05, 0) is 18.2 Å². The minimum absolute atomic E-state index is 0.0545. The number of rotatable bonds is 5. The Kier molecular flexibility index (Phi) is 5.70. The predicted molar refractivity (Wildman–Crippen MR) is 101 cm³/mol. The van der Waals surface area contributed by atoms with Crippen molar-refractivity contribution in [2.75, 3.05) is 42.5 Å². The fourth-order valence-electron chi connectivity index (χ4n) is 3.49. The fourth-order valence-corrected chi connectivity index (χ4v) is 3.49. The van der Waals surface area contributed by atoms with Gasteiger partial charge in [-0.3, -0.25) is 9.69 Å². The average molecular weight is 390 g/mol. The number of hydrogen-bond acceptors (Lipinski definition) is 5. The molecule has 0 spiro atoms. The normalized spacial score (nSPS) is 21.2. The smallest absolute Gasteiger partial charge is 0.414 e. The zero-order chi connectivity index (χ0) is 20.3. The number of carbonyl (C=O) groups is 2. The first-order chi connectivity index (χ1) is 13.3. The summed E-state index contributed by atoms with van der Waals surface area (Å²) in [5, 5.41) is 12.9. The second-order valence-electron chi connectivity index (χ2n) is 7.22. The fraction of sp³-hybridized carbons (Fsp3) is 0.526. The maximum absolute atomic E-state index is 14.7. The lowest BCUT2D eigenvalue weighted by atomic mass is 9.91. The van der Waals surface area contributed by atoms with Gasteiger partial charge in [0, 0.05) is 32.9 Å². The number of amides is 2. The van der Waals surface area contributed by atoms with E-state index in [1.54, 1.807) is 12.1 Å². The number of cyclic esters (lactones) is 1. The van der Waals surface area contributed by atoms with Gasteiger partial charge in [0.1, 0.15) is 17.5 Å². The van der Waals surface area contributed by atoms with Crippen molar-refractivity contribution >= 4 is 23.4 Å². The van der Waals surface area contributed by atoms with Crippen LogP contribution in [-0.2, 0) is 9.53 Å². The number of nitrogens with zero attached hydrogens (tertiary/aromatic N) is 3. The third kappa shape index (κ3) is 4.34. The second-order valence-corrected chi connectivity index (χ2v) is 7.22. The highest BCUT2D eigenvalue weighted by molar-refractivity contribution is 5.90. The molecule has 3 rings (SSSR count). The van der Waals surface area contributed by atoms with Crippen LogP contribution in [0.1, 0.15) is 19.8 Å². The molecule has 0 aliphatic carbocycles. The minimum Gasteiger partial charge on any atom is -0.442 e. The molecule has 0 unspecified atom stereocenters. The van der Waals surface area contributed by atoms with Crippen LogP contribution in [0.5, 0.6) is 0 Å². The van der Waals surface area contributed by atoms with Crippen molar-refractivity contribution in [2.24, 2.45) is 0 Å². The van der Waals surface area contributed by atoms with E-state index in [0.29, 0.717) is 37.3 Å². The molecule has 2 saturated heterocycles. The third-order valence-corrected chi connectivity index (χ3v) is 5.10. The number of piperidine rings is 1. The molecule has 1 aromatic carbocycles. The van der Waals surface area contributed by atoms with Gasteiger partial charge in [-0.1, -0.05) is 0 Å². The maximum atomic E-state index is 14.7. The van der Waals surface area contributed by atoms with Gasteiger partial charge in [0.2, 0.25) is 12.5 Å². The first-order valence-corrected chi connectivity index (χ1v) is 9.14. The van der Waals surface area contributed by atoms with E-state index in [4.69, 9.17) is 11.3 Å². The monoisotopic (exact) mass is 390 g/mol. The Hall–Kier alpha value is -2.86. The van der Waals surface area contributed by atoms with Crippen LogP contribution in [0, 0.1) is 12.4 Å². The summed E-state index contributed by atoms with van der Waals surface area (Å²) in [6.45, 7) is 9.70. The van der Waals surface area contributed by atoms with Crippen molar-refractivity contribution in [3.05, 3.63) is 35.4 Å². The lowest BCUT2D eigenvalue weighted by Crippen LogP contribution is -2.46. The van der Waals surface area contributed by atoms with Crippen LogP contribution in [0.2, 0.25) is 0 Å². The number of aliphatic hydroxyl groups is 1. The number of ether oxygens (including phenoxy) is 1. The molecule has 2 aliphatic heterocycles. The van der Waals surface area contributed by atoms with E-state index < -0.39 is 23.6 Å². The average Bonchev–Trinajstić information content (AvgIpc) is 3.02. The zero-order valence-electron chi connectivity index (χ0n) is 15.7. The van der Waals surface area contributed by atoms with Gasteiger partial charge in [-0.25, -0.2) is 15.8 Å². The van der Waals surface area contributed by atoms with E-state index in [1.165, 1.54) is 17.9 Å². The largest absolute Gasteiger partial charge is 0.442 e. The van der Waals surface area contributed by atoms with E-state index in [-0.39, 0.29) is 25.5 Å². The zero-order valence-corrected chi connectivity index (χ0v) is 15.7. The molecule has 9 heteroatoms. The summed E-state index contributed by atoms with van der Waals surface area (Å²) in [4.78, 5) is 29.5. The van der Waals surface area contributed by atoms with E-state index >= 15 is 0 Å². The quantitative estimate of drug-likeness (QED) is 0.745. The van der Waals surface area contributed by atoms with Gasteiger partial charge in [-0.15, -0.1) is 0 Å². The first-order valence-electron chi connectivity index (χ1n) is 9.14. The molecule has 0 radical (unpaired) electrons. The molecule has 2 heterocycles. The molecule has 2 aliphatic rings. The summed E-state index contributed by atoms with van der Waals surface area (Å²) in [5.41, 5.74) is -0.217. The highest BCUT2D eigenvalue weighted by Crippen LogP contribution is 2.31. The van der Waals surface area contributed by atoms with Crippen molar-refractivity contribution in [2.45, 2.75) is 31.5 Å². The van der Waals surface area contributed by atoms with Crippen molar-refractivity contribution in [1.29, 1.82) is 0 Å². The van der Waals surface area contributed by atoms with Crippen molar-refractivity contribution in [3.63, 3.8) is 0 Å². The van der Waals surface area contributed by atoms with Crippen molar-refractivity contribution < 1.29 is 23.8 Å². The Balaban J connectivity index is 1.66. The van der Waals surface area contributed by atoms with Crippen molar-refractivity contribution in [3.8, 4) is 0 Å². The molecular weight excluding hydrogens is 367 g/mol. The van der Waals surface area contributed by atoms with Crippen LogP contribution >= 0.6 is 0 Å². The molecule has 150 valence electrons. The summed E-state index contributed by atoms with van der Waals surface area (Å²) in [6, 6.07) is 4.55. The highest BCUT2D eigenvalue weighted by atomic mass is 19.1. The van der Waals surface area contributed by atoms with E-state index in [2.05, 4.69) is 10.2 Å².